The summed E-state index contributed by atoms with van der Waals surface area (Å²) in [7, 11) is 1.60. The summed E-state index contributed by atoms with van der Waals surface area (Å²) in [4.78, 5) is 27.6. The van der Waals surface area contributed by atoms with E-state index >= 15 is 0 Å². The van der Waals surface area contributed by atoms with Crippen LogP contribution in [-0.4, -0.2) is 29.1 Å². The van der Waals surface area contributed by atoms with Crippen LogP contribution < -0.4 is 14.8 Å². The van der Waals surface area contributed by atoms with E-state index < -0.39 is 11.9 Å². The average Bonchev–Trinajstić information content (AvgIpc) is 2.78. The molecule has 0 spiro atoms. The van der Waals surface area contributed by atoms with Gasteiger partial charge in [-0.15, -0.1) is 0 Å². The number of ether oxygens (including phenoxy) is 2. The molecule has 1 heterocycles. The van der Waals surface area contributed by atoms with E-state index in [1.165, 1.54) is 24.4 Å². The molecule has 0 aliphatic carbocycles. The molecule has 0 saturated heterocycles. The van der Waals surface area contributed by atoms with E-state index in [0.717, 1.165) is 11.3 Å². The summed E-state index contributed by atoms with van der Waals surface area (Å²) < 4.78 is 10.9. The van der Waals surface area contributed by atoms with Crippen LogP contribution in [0.5, 0.6) is 11.5 Å². The molecule has 3 rings (SSSR count). The molecule has 0 bridgehead atoms. The lowest BCUT2D eigenvalue weighted by atomic mass is 10.1. The zero-order valence-corrected chi connectivity index (χ0v) is 17.3. The lowest BCUT2D eigenvalue weighted by molar-refractivity contribution is -0.132. The van der Waals surface area contributed by atoms with Crippen molar-refractivity contribution in [2.24, 2.45) is 0 Å². The number of carboxylic acids is 1. The molecule has 0 aliphatic heterocycles. The Labute approximate surface area is 183 Å². The van der Waals surface area contributed by atoms with Gasteiger partial charge in [0, 0.05) is 6.20 Å². The minimum Gasteiger partial charge on any atom is -0.497 e. The standard InChI is InChI=1S/C23H19ClN2O5/c1-30-19-4-2-3-16(11-19)14-31-18-8-5-15(6-9-18)12-20(23(28)29)26-22(27)17-7-10-21(24)25-13-17/h2-13H,14H2,1H3,(H,26,27)(H,28,29). The van der Waals surface area contributed by atoms with Gasteiger partial charge in [-0.2, -0.15) is 0 Å². The SMILES string of the molecule is COc1cccc(COc2ccc(C=C(NC(=O)c3ccc(Cl)nc3)C(=O)O)cc2)c1. The highest BCUT2D eigenvalue weighted by atomic mass is 35.5. The third-order valence-electron chi connectivity index (χ3n) is 4.20. The van der Waals surface area contributed by atoms with Gasteiger partial charge in [-0.3, -0.25) is 4.79 Å². The third-order valence-corrected chi connectivity index (χ3v) is 4.42. The molecule has 2 N–H and O–H groups in total. The number of nitrogens with zero attached hydrogens (tertiary/aromatic N) is 1. The molecule has 7 nitrogen and oxygen atoms in total. The molecule has 158 valence electrons. The Bertz CT molecular complexity index is 1100. The summed E-state index contributed by atoms with van der Waals surface area (Å²) in [6.45, 7) is 0.359. The van der Waals surface area contributed by atoms with Gasteiger partial charge < -0.3 is 19.9 Å². The number of aliphatic carboxylic acids is 1. The number of methoxy groups -OCH3 is 1. The summed E-state index contributed by atoms with van der Waals surface area (Å²) in [6, 6.07) is 17.3. The maximum Gasteiger partial charge on any atom is 0.352 e. The van der Waals surface area contributed by atoms with Crippen LogP contribution in [0, 0.1) is 0 Å². The number of rotatable bonds is 8. The van der Waals surface area contributed by atoms with E-state index in [1.807, 2.05) is 24.3 Å². The monoisotopic (exact) mass is 438 g/mol. The lowest BCUT2D eigenvalue weighted by Crippen LogP contribution is -2.27. The van der Waals surface area contributed by atoms with Gasteiger partial charge in [-0.1, -0.05) is 35.9 Å². The molecule has 0 atom stereocenters. The summed E-state index contributed by atoms with van der Waals surface area (Å²) in [5.74, 6) is -0.503. The largest absolute Gasteiger partial charge is 0.497 e. The number of carbonyl (C=O) groups is 2. The number of amides is 1. The molecule has 31 heavy (non-hydrogen) atoms. The summed E-state index contributed by atoms with van der Waals surface area (Å²) in [5, 5.41) is 12.0. The number of halogens is 1. The highest BCUT2D eigenvalue weighted by Crippen LogP contribution is 2.18. The van der Waals surface area contributed by atoms with Crippen molar-refractivity contribution in [2.45, 2.75) is 6.61 Å². The second-order valence-corrected chi connectivity index (χ2v) is 6.78. The minimum atomic E-state index is -1.27. The normalized spacial score (nSPS) is 11.0. The predicted molar refractivity (Wildman–Crippen MR) is 116 cm³/mol. The Morgan fingerprint density at radius 3 is 2.52 bits per heavy atom. The van der Waals surface area contributed by atoms with Crippen molar-refractivity contribution in [3.63, 3.8) is 0 Å². The molecule has 1 aromatic heterocycles. The maximum absolute atomic E-state index is 12.3. The van der Waals surface area contributed by atoms with Crippen molar-refractivity contribution in [1.29, 1.82) is 0 Å². The van der Waals surface area contributed by atoms with Gasteiger partial charge in [-0.05, 0) is 53.6 Å². The summed E-state index contributed by atoms with van der Waals surface area (Å²) in [6.07, 6.45) is 2.63. The first-order valence-electron chi connectivity index (χ1n) is 9.18. The molecular formula is C23H19ClN2O5. The Morgan fingerprint density at radius 1 is 1.10 bits per heavy atom. The molecular weight excluding hydrogens is 420 g/mol. The van der Waals surface area contributed by atoms with Crippen LogP contribution in [0.3, 0.4) is 0 Å². The van der Waals surface area contributed by atoms with E-state index in [9.17, 15) is 14.7 Å². The van der Waals surface area contributed by atoms with Gasteiger partial charge in [0.15, 0.2) is 0 Å². The fraction of sp³-hybridized carbons (Fsp3) is 0.0870. The third kappa shape index (κ3) is 6.32. The Hall–Kier alpha value is -3.84. The van der Waals surface area contributed by atoms with Crippen LogP contribution in [0.25, 0.3) is 6.08 Å². The molecule has 1 amide bonds. The van der Waals surface area contributed by atoms with Crippen LogP contribution in [0.1, 0.15) is 21.5 Å². The van der Waals surface area contributed by atoms with Crippen molar-refractivity contribution in [1.82, 2.24) is 10.3 Å². The molecule has 8 heteroatoms. The molecule has 0 unspecified atom stereocenters. The van der Waals surface area contributed by atoms with Gasteiger partial charge in [0.25, 0.3) is 5.91 Å². The number of carboxylic acid groups (broad SMARTS) is 1. The van der Waals surface area contributed by atoms with E-state index in [-0.39, 0.29) is 16.4 Å². The number of pyridine rings is 1. The maximum atomic E-state index is 12.3. The van der Waals surface area contributed by atoms with Gasteiger partial charge in [0.2, 0.25) is 0 Å². The second kappa shape index (κ2) is 10.3. The van der Waals surface area contributed by atoms with Crippen LogP contribution in [0.2, 0.25) is 5.15 Å². The quantitative estimate of drug-likeness (QED) is 0.404. The van der Waals surface area contributed by atoms with Crippen molar-refractivity contribution in [3.8, 4) is 11.5 Å². The Morgan fingerprint density at radius 2 is 1.87 bits per heavy atom. The van der Waals surface area contributed by atoms with Crippen LogP contribution >= 0.6 is 11.6 Å². The topological polar surface area (TPSA) is 97.8 Å². The smallest absolute Gasteiger partial charge is 0.352 e. The first-order chi connectivity index (χ1) is 14.9. The molecule has 0 radical (unpaired) electrons. The number of hydrogen-bond acceptors (Lipinski definition) is 5. The number of carbonyl (C=O) groups excluding carboxylic acids is 1. The van der Waals surface area contributed by atoms with Gasteiger partial charge in [0.1, 0.15) is 29.0 Å². The summed E-state index contributed by atoms with van der Waals surface area (Å²) in [5.41, 5.74) is 1.46. The van der Waals surface area contributed by atoms with E-state index in [0.29, 0.717) is 17.9 Å². The predicted octanol–water partition coefficient (Wildman–Crippen LogP) is 4.18. The van der Waals surface area contributed by atoms with E-state index in [1.54, 1.807) is 31.4 Å². The molecule has 0 aliphatic rings. The van der Waals surface area contributed by atoms with E-state index in [2.05, 4.69) is 10.3 Å². The molecule has 0 saturated carbocycles. The van der Waals surface area contributed by atoms with Crippen LogP contribution in [-0.2, 0) is 11.4 Å². The Kier molecular flexibility index (Phi) is 7.24. The second-order valence-electron chi connectivity index (χ2n) is 6.40. The minimum absolute atomic E-state index is 0.192. The number of hydrogen-bond donors (Lipinski definition) is 2. The fourth-order valence-corrected chi connectivity index (χ4v) is 2.72. The summed E-state index contributed by atoms with van der Waals surface area (Å²) >= 11 is 5.70. The number of nitrogens with one attached hydrogen (secondary N) is 1. The van der Waals surface area contributed by atoms with Crippen molar-refractivity contribution < 1.29 is 24.2 Å². The molecule has 0 fully saturated rings. The van der Waals surface area contributed by atoms with Gasteiger partial charge >= 0.3 is 5.97 Å². The molecule has 2 aromatic carbocycles. The van der Waals surface area contributed by atoms with Crippen LogP contribution in [0.15, 0.2) is 72.6 Å². The Balaban J connectivity index is 1.66. The first-order valence-corrected chi connectivity index (χ1v) is 9.56. The zero-order valence-electron chi connectivity index (χ0n) is 16.5. The highest BCUT2D eigenvalue weighted by molar-refractivity contribution is 6.29. The fourth-order valence-electron chi connectivity index (χ4n) is 2.61. The zero-order chi connectivity index (χ0) is 22.2. The van der Waals surface area contributed by atoms with Crippen molar-refractivity contribution >= 4 is 29.6 Å². The first kappa shape index (κ1) is 21.9. The van der Waals surface area contributed by atoms with Crippen molar-refractivity contribution in [2.75, 3.05) is 7.11 Å². The highest BCUT2D eigenvalue weighted by Gasteiger charge is 2.14. The van der Waals surface area contributed by atoms with Gasteiger partial charge in [0.05, 0.1) is 12.7 Å². The van der Waals surface area contributed by atoms with Crippen LogP contribution in [0.4, 0.5) is 0 Å². The average molecular weight is 439 g/mol. The lowest BCUT2D eigenvalue weighted by Gasteiger charge is -2.09. The number of aromatic nitrogens is 1. The number of benzene rings is 2. The molecule has 3 aromatic rings. The van der Waals surface area contributed by atoms with Gasteiger partial charge in [-0.25, -0.2) is 9.78 Å². The van der Waals surface area contributed by atoms with E-state index in [4.69, 9.17) is 21.1 Å². The van der Waals surface area contributed by atoms with Crippen molar-refractivity contribution in [3.05, 3.63) is 94.4 Å².